The van der Waals surface area contributed by atoms with Crippen molar-refractivity contribution in [1.29, 1.82) is 0 Å². The van der Waals surface area contributed by atoms with Gasteiger partial charge >= 0.3 is 6.09 Å². The predicted octanol–water partition coefficient (Wildman–Crippen LogP) is 3.40. The summed E-state index contributed by atoms with van der Waals surface area (Å²) in [5.74, 6) is -0.262. The Labute approximate surface area is 144 Å². The molecule has 0 bridgehead atoms. The van der Waals surface area contributed by atoms with E-state index in [1.807, 2.05) is 0 Å². The molecule has 2 N–H and O–H groups in total. The third kappa shape index (κ3) is 4.28. The van der Waals surface area contributed by atoms with Gasteiger partial charge in [0.05, 0.1) is 12.0 Å². The van der Waals surface area contributed by atoms with Gasteiger partial charge in [-0.1, -0.05) is 6.07 Å². The van der Waals surface area contributed by atoms with Crippen molar-refractivity contribution < 1.29 is 19.1 Å². The number of amides is 2. The quantitative estimate of drug-likeness (QED) is 0.601. The molecule has 23 heavy (non-hydrogen) atoms. The number of anilines is 2. The van der Waals surface area contributed by atoms with Gasteiger partial charge in [0.2, 0.25) is 5.91 Å². The van der Waals surface area contributed by atoms with E-state index in [1.165, 1.54) is 7.11 Å². The zero-order chi connectivity index (χ0) is 17.1. The Morgan fingerprint density at radius 2 is 1.83 bits per heavy atom. The summed E-state index contributed by atoms with van der Waals surface area (Å²) in [4.78, 5) is 23.8. The van der Waals surface area contributed by atoms with Crippen molar-refractivity contribution in [2.24, 2.45) is 5.41 Å². The summed E-state index contributed by atoms with van der Waals surface area (Å²) in [6.07, 6.45) is -0.196. The second-order valence-electron chi connectivity index (χ2n) is 5.50. The van der Waals surface area contributed by atoms with E-state index in [9.17, 15) is 9.59 Å². The van der Waals surface area contributed by atoms with E-state index in [4.69, 9.17) is 32.7 Å². The third-order valence-corrected chi connectivity index (χ3v) is 4.75. The minimum atomic E-state index is -1.03. The Hall–Kier alpha value is -1.50. The number of ether oxygens (including phenoxy) is 2. The topological polar surface area (TPSA) is 76.7 Å². The van der Waals surface area contributed by atoms with E-state index < -0.39 is 15.8 Å². The van der Waals surface area contributed by atoms with Crippen molar-refractivity contribution in [3.63, 3.8) is 0 Å². The van der Waals surface area contributed by atoms with Crippen LogP contribution < -0.4 is 10.6 Å². The number of nitrogens with one attached hydrogen (secondary N) is 2. The standard InChI is InChI=1S/C15H18Cl2N2O4/c1-14(9-15(14,16)17)12(20)18-10-4-3-5-11(8-10)19-13(21)23-7-6-22-2/h3-5,8H,6-7,9H2,1-2H3,(H,18,20)(H,19,21). The number of carbonyl (C=O) groups excluding carboxylic acids is 2. The van der Waals surface area contributed by atoms with E-state index in [2.05, 4.69) is 10.6 Å². The average Bonchev–Trinajstić information content (AvgIpc) is 2.99. The van der Waals surface area contributed by atoms with Crippen molar-refractivity contribution in [2.45, 2.75) is 17.7 Å². The second kappa shape index (κ2) is 6.95. The molecule has 0 saturated heterocycles. The Kier molecular flexibility index (Phi) is 5.39. The summed E-state index contributed by atoms with van der Waals surface area (Å²) < 4.78 is 8.66. The summed E-state index contributed by atoms with van der Waals surface area (Å²) in [7, 11) is 1.52. The highest BCUT2D eigenvalue weighted by molar-refractivity contribution is 6.53. The molecule has 2 rings (SSSR count). The fraction of sp³-hybridized carbons (Fsp3) is 0.467. The molecule has 8 heteroatoms. The number of methoxy groups -OCH3 is 1. The van der Waals surface area contributed by atoms with Crippen molar-refractivity contribution >= 4 is 46.6 Å². The molecule has 1 atom stereocenters. The lowest BCUT2D eigenvalue weighted by atomic mass is 10.1. The van der Waals surface area contributed by atoms with Crippen molar-refractivity contribution in [2.75, 3.05) is 31.0 Å². The Bertz CT molecular complexity index is 609. The van der Waals surface area contributed by atoms with Gasteiger partial charge in [-0.3, -0.25) is 10.1 Å². The molecule has 1 aliphatic carbocycles. The number of rotatable bonds is 6. The first-order valence-corrected chi connectivity index (χ1v) is 7.76. The lowest BCUT2D eigenvalue weighted by Crippen LogP contribution is -2.26. The Morgan fingerprint density at radius 3 is 2.39 bits per heavy atom. The summed E-state index contributed by atoms with van der Waals surface area (Å²) >= 11 is 12.0. The molecule has 6 nitrogen and oxygen atoms in total. The molecule has 0 aliphatic heterocycles. The van der Waals surface area contributed by atoms with Crippen LogP contribution in [-0.4, -0.2) is 36.7 Å². The van der Waals surface area contributed by atoms with Crippen LogP contribution in [0.2, 0.25) is 0 Å². The lowest BCUT2D eigenvalue weighted by Gasteiger charge is -2.13. The maximum Gasteiger partial charge on any atom is 0.411 e. The number of benzene rings is 1. The first-order valence-electron chi connectivity index (χ1n) is 7.00. The van der Waals surface area contributed by atoms with Crippen LogP contribution in [0, 0.1) is 5.41 Å². The van der Waals surface area contributed by atoms with Gasteiger partial charge in [0.15, 0.2) is 0 Å². The van der Waals surface area contributed by atoms with Crippen molar-refractivity contribution in [3.05, 3.63) is 24.3 Å². The first kappa shape index (κ1) is 17.8. The molecule has 126 valence electrons. The van der Waals surface area contributed by atoms with Crippen molar-refractivity contribution in [3.8, 4) is 0 Å². The van der Waals surface area contributed by atoms with Gasteiger partial charge in [-0.25, -0.2) is 4.79 Å². The highest BCUT2D eigenvalue weighted by atomic mass is 35.5. The molecule has 0 spiro atoms. The number of halogens is 2. The summed E-state index contributed by atoms with van der Waals surface area (Å²) in [6.45, 7) is 2.18. The number of alkyl halides is 2. The lowest BCUT2D eigenvalue weighted by molar-refractivity contribution is -0.120. The zero-order valence-corrected chi connectivity index (χ0v) is 14.3. The fourth-order valence-corrected chi connectivity index (χ4v) is 2.67. The molecule has 1 aromatic rings. The largest absolute Gasteiger partial charge is 0.447 e. The van der Waals surface area contributed by atoms with E-state index in [0.29, 0.717) is 24.4 Å². The van der Waals surface area contributed by atoms with Crippen LogP contribution in [0.3, 0.4) is 0 Å². The summed E-state index contributed by atoms with van der Waals surface area (Å²) in [6, 6.07) is 6.70. The minimum Gasteiger partial charge on any atom is -0.447 e. The number of hydrogen-bond donors (Lipinski definition) is 2. The van der Waals surface area contributed by atoms with E-state index >= 15 is 0 Å². The van der Waals surface area contributed by atoms with Gasteiger partial charge in [0.25, 0.3) is 0 Å². The first-order chi connectivity index (χ1) is 10.8. The average molecular weight is 361 g/mol. The highest BCUT2D eigenvalue weighted by Crippen LogP contribution is 2.64. The van der Waals surface area contributed by atoms with Crippen LogP contribution in [0.1, 0.15) is 13.3 Å². The molecule has 1 aromatic carbocycles. The number of hydrogen-bond acceptors (Lipinski definition) is 4. The molecule has 2 amide bonds. The molecule has 0 heterocycles. The molecule has 1 aliphatic rings. The van der Waals surface area contributed by atoms with Gasteiger partial charge in [0, 0.05) is 18.5 Å². The molecule has 1 fully saturated rings. The maximum absolute atomic E-state index is 12.2. The number of carbonyl (C=O) groups is 2. The fourth-order valence-electron chi connectivity index (χ4n) is 1.96. The Morgan fingerprint density at radius 1 is 1.22 bits per heavy atom. The SMILES string of the molecule is COCCOC(=O)Nc1cccc(NC(=O)C2(C)CC2(Cl)Cl)c1. The monoisotopic (exact) mass is 360 g/mol. The van der Waals surface area contributed by atoms with Gasteiger partial charge in [0.1, 0.15) is 10.9 Å². The van der Waals surface area contributed by atoms with Gasteiger partial charge in [-0.15, -0.1) is 23.2 Å². The molecule has 1 saturated carbocycles. The van der Waals surface area contributed by atoms with Crippen LogP contribution >= 0.6 is 23.2 Å². The van der Waals surface area contributed by atoms with Gasteiger partial charge < -0.3 is 14.8 Å². The smallest absolute Gasteiger partial charge is 0.411 e. The van der Waals surface area contributed by atoms with E-state index in [1.54, 1.807) is 31.2 Å². The zero-order valence-electron chi connectivity index (χ0n) is 12.8. The summed E-state index contributed by atoms with van der Waals surface area (Å²) in [5.41, 5.74) is 0.217. The normalized spacial score (nSPS) is 21.4. The molecule has 1 unspecified atom stereocenters. The van der Waals surface area contributed by atoms with Crippen molar-refractivity contribution in [1.82, 2.24) is 0 Å². The second-order valence-corrected chi connectivity index (χ2v) is 6.99. The highest BCUT2D eigenvalue weighted by Gasteiger charge is 2.67. The predicted molar refractivity (Wildman–Crippen MR) is 89.1 cm³/mol. The van der Waals surface area contributed by atoms with Gasteiger partial charge in [-0.05, 0) is 31.5 Å². The minimum absolute atomic E-state index is 0.157. The molecular formula is C15H18Cl2N2O4. The maximum atomic E-state index is 12.2. The Balaban J connectivity index is 1.92. The van der Waals surface area contributed by atoms with Crippen LogP contribution in [-0.2, 0) is 14.3 Å². The molecule has 0 radical (unpaired) electrons. The van der Waals surface area contributed by atoms with E-state index in [-0.39, 0.29) is 12.5 Å². The van der Waals surface area contributed by atoms with Gasteiger partial charge in [-0.2, -0.15) is 0 Å². The van der Waals surface area contributed by atoms with E-state index in [0.717, 1.165) is 0 Å². The van der Waals surface area contributed by atoms with Crippen LogP contribution in [0.5, 0.6) is 0 Å². The van der Waals surface area contributed by atoms with Crippen LogP contribution in [0.25, 0.3) is 0 Å². The third-order valence-electron chi connectivity index (χ3n) is 3.65. The van der Waals surface area contributed by atoms with Crippen LogP contribution in [0.15, 0.2) is 24.3 Å². The molecular weight excluding hydrogens is 343 g/mol. The summed E-state index contributed by atoms with van der Waals surface area (Å²) in [5, 5.41) is 5.31. The van der Waals surface area contributed by atoms with Crippen LogP contribution in [0.4, 0.5) is 16.2 Å². The molecule has 0 aromatic heterocycles.